The van der Waals surface area contributed by atoms with E-state index in [9.17, 15) is 9.59 Å². The lowest BCUT2D eigenvalue weighted by atomic mass is 10.0. The quantitative estimate of drug-likeness (QED) is 0.585. The van der Waals surface area contributed by atoms with Gasteiger partial charge >= 0.3 is 6.09 Å². The van der Waals surface area contributed by atoms with Crippen LogP contribution in [0.1, 0.15) is 47.1 Å². The van der Waals surface area contributed by atoms with Crippen molar-refractivity contribution in [2.45, 2.75) is 46.2 Å². The number of ether oxygens (including phenoxy) is 1. The van der Waals surface area contributed by atoms with Crippen molar-refractivity contribution in [3.8, 4) is 11.3 Å². The van der Waals surface area contributed by atoms with E-state index in [2.05, 4.69) is 27.2 Å². The number of aromatic nitrogens is 3. The second-order valence-corrected chi connectivity index (χ2v) is 8.21. The second kappa shape index (κ2) is 9.77. The molecule has 1 aliphatic heterocycles. The molecule has 2 amide bonds. The van der Waals surface area contributed by atoms with Gasteiger partial charge in [0, 0.05) is 29.2 Å². The van der Waals surface area contributed by atoms with E-state index in [-0.39, 0.29) is 18.5 Å². The van der Waals surface area contributed by atoms with E-state index in [4.69, 9.17) is 4.74 Å². The summed E-state index contributed by atoms with van der Waals surface area (Å²) >= 11 is 0. The fraction of sp³-hybridized carbons (Fsp3) is 0.320. The molecule has 1 atom stereocenters. The molecule has 0 bridgehead atoms. The predicted molar refractivity (Wildman–Crippen MR) is 125 cm³/mol. The number of hydrogen-bond acceptors (Lipinski definition) is 6. The third kappa shape index (κ3) is 5.16. The first-order chi connectivity index (χ1) is 15.9. The van der Waals surface area contributed by atoms with E-state index in [1.807, 2.05) is 32.0 Å². The third-order valence-corrected chi connectivity index (χ3v) is 5.51. The van der Waals surface area contributed by atoms with Crippen LogP contribution in [0.3, 0.4) is 0 Å². The van der Waals surface area contributed by atoms with E-state index in [0.717, 1.165) is 35.4 Å². The average Bonchev–Trinajstić information content (AvgIpc) is 3.19. The van der Waals surface area contributed by atoms with Crippen molar-refractivity contribution in [3.05, 3.63) is 71.4 Å². The maximum absolute atomic E-state index is 13.1. The van der Waals surface area contributed by atoms with Crippen molar-refractivity contribution in [1.82, 2.24) is 20.3 Å². The Morgan fingerprint density at radius 2 is 1.97 bits per heavy atom. The summed E-state index contributed by atoms with van der Waals surface area (Å²) in [6.45, 7) is 6.48. The number of aryl methyl sites for hydroxylation is 2. The summed E-state index contributed by atoms with van der Waals surface area (Å²) < 4.78 is 5.32. The molecule has 8 heteroatoms. The fourth-order valence-corrected chi connectivity index (χ4v) is 3.77. The smallest absolute Gasteiger partial charge is 0.414 e. The van der Waals surface area contributed by atoms with Crippen molar-refractivity contribution < 1.29 is 14.3 Å². The molecule has 1 aliphatic rings. The summed E-state index contributed by atoms with van der Waals surface area (Å²) in [5, 5.41) is 2.89. The molecule has 1 N–H and O–H groups in total. The molecular weight excluding hydrogens is 418 g/mol. The normalized spacial score (nSPS) is 15.4. The molecule has 8 nitrogen and oxygen atoms in total. The summed E-state index contributed by atoms with van der Waals surface area (Å²) in [6.07, 6.45) is 6.42. The molecule has 4 rings (SSSR count). The summed E-state index contributed by atoms with van der Waals surface area (Å²) in [5.74, 6) is -0.271. The predicted octanol–water partition coefficient (Wildman–Crippen LogP) is 4.21. The van der Waals surface area contributed by atoms with Gasteiger partial charge < -0.3 is 10.1 Å². The zero-order chi connectivity index (χ0) is 23.4. The highest BCUT2D eigenvalue weighted by Crippen LogP contribution is 2.31. The first-order valence-corrected chi connectivity index (χ1v) is 11.0. The molecule has 0 radical (unpaired) electrons. The van der Waals surface area contributed by atoms with E-state index >= 15 is 0 Å². The summed E-state index contributed by atoms with van der Waals surface area (Å²) in [7, 11) is 0. The summed E-state index contributed by atoms with van der Waals surface area (Å²) in [5.41, 5.74) is 5.04. The van der Waals surface area contributed by atoms with Crippen molar-refractivity contribution in [2.75, 3.05) is 11.5 Å². The van der Waals surface area contributed by atoms with Crippen LogP contribution in [0, 0.1) is 13.8 Å². The minimum absolute atomic E-state index is 0.0672. The number of amides is 2. The number of hydrogen-bond donors (Lipinski definition) is 1. The molecule has 1 saturated heterocycles. The standard InChI is InChI=1S/C25H27N5O3/c1-4-5-21-15-33-25(32)30(21)22-9-18(23-7-6-16(2)11-28-23)8-19(10-22)24(31)29-14-20-13-26-17(3)12-27-20/h6-13,21H,4-5,14-15H2,1-3H3,(H,29,31). The Morgan fingerprint density at radius 3 is 2.67 bits per heavy atom. The van der Waals surface area contributed by atoms with Gasteiger partial charge in [-0.1, -0.05) is 19.4 Å². The molecule has 2 aromatic heterocycles. The van der Waals surface area contributed by atoms with Crippen molar-refractivity contribution >= 4 is 17.7 Å². The van der Waals surface area contributed by atoms with Crippen LogP contribution in [-0.2, 0) is 11.3 Å². The largest absolute Gasteiger partial charge is 0.447 e. The fourth-order valence-electron chi connectivity index (χ4n) is 3.77. The first kappa shape index (κ1) is 22.4. The molecule has 170 valence electrons. The zero-order valence-electron chi connectivity index (χ0n) is 19.0. The summed E-state index contributed by atoms with van der Waals surface area (Å²) in [6, 6.07) is 9.20. The van der Waals surface area contributed by atoms with Gasteiger partial charge in [-0.2, -0.15) is 0 Å². The van der Waals surface area contributed by atoms with Gasteiger partial charge in [-0.15, -0.1) is 0 Å². The Hall–Kier alpha value is -3.81. The highest BCUT2D eigenvalue weighted by atomic mass is 16.6. The van der Waals surface area contributed by atoms with Gasteiger partial charge in [-0.05, 0) is 50.1 Å². The maximum Gasteiger partial charge on any atom is 0.414 e. The van der Waals surface area contributed by atoms with E-state index in [1.165, 1.54) is 0 Å². The lowest BCUT2D eigenvalue weighted by molar-refractivity contribution is 0.0950. The van der Waals surface area contributed by atoms with E-state index in [0.29, 0.717) is 23.6 Å². The number of nitrogens with zero attached hydrogens (tertiary/aromatic N) is 4. The Morgan fingerprint density at radius 1 is 1.12 bits per heavy atom. The van der Waals surface area contributed by atoms with Crippen molar-refractivity contribution in [3.63, 3.8) is 0 Å². The summed E-state index contributed by atoms with van der Waals surface area (Å²) in [4.78, 5) is 40.3. The zero-order valence-corrected chi connectivity index (χ0v) is 19.0. The number of anilines is 1. The van der Waals surface area contributed by atoms with Gasteiger partial charge in [-0.25, -0.2) is 4.79 Å². The molecule has 33 heavy (non-hydrogen) atoms. The van der Waals surface area contributed by atoms with Crippen LogP contribution < -0.4 is 10.2 Å². The van der Waals surface area contributed by atoms with Crippen LogP contribution in [0.5, 0.6) is 0 Å². The minimum atomic E-state index is -0.399. The number of nitrogens with one attached hydrogen (secondary N) is 1. The number of rotatable bonds is 7. The van der Waals surface area contributed by atoms with Gasteiger partial charge in [0.05, 0.1) is 35.9 Å². The highest BCUT2D eigenvalue weighted by molar-refractivity contribution is 5.99. The third-order valence-electron chi connectivity index (χ3n) is 5.51. The number of cyclic esters (lactones) is 1. The topological polar surface area (TPSA) is 97.3 Å². The van der Waals surface area contributed by atoms with Crippen LogP contribution in [0.15, 0.2) is 48.9 Å². The molecule has 1 unspecified atom stereocenters. The number of benzene rings is 1. The van der Waals surface area contributed by atoms with Crippen LogP contribution in [0.2, 0.25) is 0 Å². The SMILES string of the molecule is CCCC1COC(=O)N1c1cc(C(=O)NCc2cnc(C)cn2)cc(-c2ccc(C)cn2)c1. The number of pyridine rings is 1. The van der Waals surface area contributed by atoms with Gasteiger partial charge in [0.15, 0.2) is 0 Å². The lowest BCUT2D eigenvalue weighted by Crippen LogP contribution is -2.33. The second-order valence-electron chi connectivity index (χ2n) is 8.21. The molecule has 0 saturated carbocycles. The monoisotopic (exact) mass is 445 g/mol. The average molecular weight is 446 g/mol. The van der Waals surface area contributed by atoms with Gasteiger partial charge in [0.2, 0.25) is 0 Å². The lowest BCUT2D eigenvalue weighted by Gasteiger charge is -2.22. The Kier molecular flexibility index (Phi) is 6.63. The molecule has 3 aromatic rings. The molecular formula is C25H27N5O3. The van der Waals surface area contributed by atoms with Crippen molar-refractivity contribution in [1.29, 1.82) is 0 Å². The maximum atomic E-state index is 13.1. The minimum Gasteiger partial charge on any atom is -0.447 e. The van der Waals surface area contributed by atoms with Gasteiger partial charge in [0.1, 0.15) is 6.61 Å². The van der Waals surface area contributed by atoms with Crippen LogP contribution in [-0.4, -0.2) is 39.6 Å². The van der Waals surface area contributed by atoms with Crippen LogP contribution >= 0.6 is 0 Å². The molecule has 0 aliphatic carbocycles. The van der Waals surface area contributed by atoms with Gasteiger partial charge in [0.25, 0.3) is 5.91 Å². The number of carbonyl (C=O) groups excluding carboxylic acids is 2. The van der Waals surface area contributed by atoms with E-state index in [1.54, 1.807) is 35.6 Å². The molecule has 3 heterocycles. The molecule has 1 fully saturated rings. The van der Waals surface area contributed by atoms with Crippen molar-refractivity contribution in [2.24, 2.45) is 0 Å². The van der Waals surface area contributed by atoms with Crippen LogP contribution in [0.25, 0.3) is 11.3 Å². The Bertz CT molecular complexity index is 1150. The Labute approximate surface area is 193 Å². The molecule has 1 aromatic carbocycles. The highest BCUT2D eigenvalue weighted by Gasteiger charge is 2.34. The van der Waals surface area contributed by atoms with E-state index < -0.39 is 6.09 Å². The first-order valence-electron chi connectivity index (χ1n) is 11.0. The Balaban J connectivity index is 1.67. The van der Waals surface area contributed by atoms with Gasteiger partial charge in [-0.3, -0.25) is 24.6 Å². The number of carbonyl (C=O) groups is 2. The molecule has 0 spiro atoms. The van der Waals surface area contributed by atoms with Crippen LogP contribution in [0.4, 0.5) is 10.5 Å².